The molecule has 0 saturated heterocycles. The lowest BCUT2D eigenvalue weighted by Crippen LogP contribution is -2.05. The molecule has 0 spiro atoms. The molecule has 2 aromatic rings. The Morgan fingerprint density at radius 3 is 2.47 bits per heavy atom. The first-order valence-electron chi connectivity index (χ1n) is 4.81. The molecule has 90 valence electrons. The molecular weight excluding hydrogens is 233 g/mol. The number of hydrogen-bond acceptors (Lipinski definition) is 2. The third-order valence-corrected chi connectivity index (χ3v) is 2.31. The maximum Gasteiger partial charge on any atom is 0.416 e. The van der Waals surface area contributed by atoms with Gasteiger partial charge in [-0.15, -0.1) is 0 Å². The largest absolute Gasteiger partial charge is 0.496 e. The van der Waals surface area contributed by atoms with E-state index >= 15 is 0 Å². The van der Waals surface area contributed by atoms with Crippen molar-refractivity contribution in [2.24, 2.45) is 0 Å². The summed E-state index contributed by atoms with van der Waals surface area (Å²) >= 11 is 0. The number of alkyl halides is 3. The molecule has 17 heavy (non-hydrogen) atoms. The Balaban J connectivity index is 2.55. The molecule has 0 N–H and O–H groups in total. The van der Waals surface area contributed by atoms with E-state index in [1.807, 2.05) is 0 Å². The van der Waals surface area contributed by atoms with E-state index in [1.54, 1.807) is 12.1 Å². The fourth-order valence-corrected chi connectivity index (χ4v) is 1.51. The van der Waals surface area contributed by atoms with E-state index in [2.05, 4.69) is 0 Å². The van der Waals surface area contributed by atoms with Gasteiger partial charge < -0.3 is 9.15 Å². The molecule has 0 aliphatic heterocycles. The van der Waals surface area contributed by atoms with E-state index < -0.39 is 11.7 Å². The summed E-state index contributed by atoms with van der Waals surface area (Å²) in [5.74, 6) is 0.681. The summed E-state index contributed by atoms with van der Waals surface area (Å²) in [5, 5.41) is 0. The molecule has 0 saturated carbocycles. The van der Waals surface area contributed by atoms with Crippen LogP contribution in [-0.4, -0.2) is 7.11 Å². The van der Waals surface area contributed by atoms with Crippen LogP contribution in [0.3, 0.4) is 0 Å². The number of methoxy groups -OCH3 is 1. The van der Waals surface area contributed by atoms with Gasteiger partial charge in [-0.25, -0.2) is 0 Å². The Morgan fingerprint density at radius 1 is 1.18 bits per heavy atom. The number of halogens is 3. The zero-order chi connectivity index (χ0) is 12.5. The molecular formula is C12H9F3O2. The van der Waals surface area contributed by atoms with Gasteiger partial charge in [0, 0.05) is 0 Å². The Bertz CT molecular complexity index is 501. The van der Waals surface area contributed by atoms with Crippen molar-refractivity contribution in [1.29, 1.82) is 0 Å². The fourth-order valence-electron chi connectivity index (χ4n) is 1.51. The molecule has 0 radical (unpaired) electrons. The molecule has 2 rings (SSSR count). The van der Waals surface area contributed by atoms with Gasteiger partial charge >= 0.3 is 6.18 Å². The molecule has 0 atom stereocenters. The molecule has 0 unspecified atom stereocenters. The summed E-state index contributed by atoms with van der Waals surface area (Å²) in [6.45, 7) is 0. The van der Waals surface area contributed by atoms with E-state index in [4.69, 9.17) is 9.15 Å². The molecule has 0 aliphatic rings. The van der Waals surface area contributed by atoms with Gasteiger partial charge in [0.25, 0.3) is 0 Å². The molecule has 1 aromatic heterocycles. The van der Waals surface area contributed by atoms with Gasteiger partial charge in [-0.2, -0.15) is 13.2 Å². The second-order valence-electron chi connectivity index (χ2n) is 3.39. The SMILES string of the molecule is COc1ccc(C(F)(F)F)cc1-c1ccco1. The van der Waals surface area contributed by atoms with Gasteiger partial charge in [0.1, 0.15) is 11.5 Å². The van der Waals surface area contributed by atoms with Crippen molar-refractivity contribution in [3.8, 4) is 17.1 Å². The zero-order valence-electron chi connectivity index (χ0n) is 8.91. The van der Waals surface area contributed by atoms with Crippen LogP contribution in [0.2, 0.25) is 0 Å². The minimum absolute atomic E-state index is 0.285. The van der Waals surface area contributed by atoms with Crippen molar-refractivity contribution in [2.75, 3.05) is 7.11 Å². The summed E-state index contributed by atoms with van der Waals surface area (Å²) in [6, 6.07) is 6.46. The summed E-state index contributed by atoms with van der Waals surface area (Å²) < 4.78 is 47.8. The maximum atomic E-state index is 12.6. The third kappa shape index (κ3) is 2.27. The van der Waals surface area contributed by atoms with Crippen molar-refractivity contribution < 1.29 is 22.3 Å². The Labute approximate surface area is 95.6 Å². The summed E-state index contributed by atoms with van der Waals surface area (Å²) in [5.41, 5.74) is -0.447. The summed E-state index contributed by atoms with van der Waals surface area (Å²) in [7, 11) is 1.40. The predicted octanol–water partition coefficient (Wildman–Crippen LogP) is 3.97. The van der Waals surface area contributed by atoms with Gasteiger partial charge in [0.15, 0.2) is 0 Å². The maximum absolute atomic E-state index is 12.6. The lowest BCUT2D eigenvalue weighted by Gasteiger charge is -2.11. The van der Waals surface area contributed by atoms with Gasteiger partial charge in [-0.1, -0.05) is 0 Å². The Kier molecular flexibility index (Phi) is 2.83. The van der Waals surface area contributed by atoms with E-state index in [0.29, 0.717) is 11.5 Å². The minimum Gasteiger partial charge on any atom is -0.496 e. The predicted molar refractivity (Wildman–Crippen MR) is 55.7 cm³/mol. The smallest absolute Gasteiger partial charge is 0.416 e. The van der Waals surface area contributed by atoms with Crippen molar-refractivity contribution in [3.63, 3.8) is 0 Å². The van der Waals surface area contributed by atoms with Crippen molar-refractivity contribution in [1.82, 2.24) is 0 Å². The lowest BCUT2D eigenvalue weighted by molar-refractivity contribution is -0.137. The molecule has 0 bridgehead atoms. The first kappa shape index (κ1) is 11.6. The molecule has 2 nitrogen and oxygen atoms in total. The van der Waals surface area contributed by atoms with Crippen LogP contribution < -0.4 is 4.74 Å². The highest BCUT2D eigenvalue weighted by molar-refractivity contribution is 5.66. The quantitative estimate of drug-likeness (QED) is 0.794. The Hall–Kier alpha value is -1.91. The molecule has 1 aromatic carbocycles. The second-order valence-corrected chi connectivity index (χ2v) is 3.39. The van der Waals surface area contributed by atoms with Crippen LogP contribution in [0.15, 0.2) is 41.0 Å². The highest BCUT2D eigenvalue weighted by atomic mass is 19.4. The molecule has 0 amide bonds. The zero-order valence-corrected chi connectivity index (χ0v) is 8.91. The van der Waals surface area contributed by atoms with Crippen molar-refractivity contribution >= 4 is 0 Å². The van der Waals surface area contributed by atoms with Crippen LogP contribution in [0, 0.1) is 0 Å². The fraction of sp³-hybridized carbons (Fsp3) is 0.167. The van der Waals surface area contributed by atoms with E-state index in [1.165, 1.54) is 19.4 Å². The van der Waals surface area contributed by atoms with Gasteiger partial charge in [-0.05, 0) is 30.3 Å². The van der Waals surface area contributed by atoms with Crippen LogP contribution in [0.5, 0.6) is 5.75 Å². The summed E-state index contributed by atoms with van der Waals surface area (Å²) in [4.78, 5) is 0. The average Bonchev–Trinajstić information content (AvgIpc) is 2.80. The molecule has 1 heterocycles. The van der Waals surface area contributed by atoms with E-state index in [-0.39, 0.29) is 5.56 Å². The van der Waals surface area contributed by atoms with Crippen LogP contribution in [-0.2, 0) is 6.18 Å². The van der Waals surface area contributed by atoms with Gasteiger partial charge in [0.05, 0.1) is 24.5 Å². The summed E-state index contributed by atoms with van der Waals surface area (Å²) in [6.07, 6.45) is -2.98. The first-order chi connectivity index (χ1) is 8.02. The number of ether oxygens (including phenoxy) is 1. The monoisotopic (exact) mass is 242 g/mol. The number of benzene rings is 1. The third-order valence-electron chi connectivity index (χ3n) is 2.31. The molecule has 0 fully saturated rings. The second kappa shape index (κ2) is 4.16. The first-order valence-corrected chi connectivity index (χ1v) is 4.81. The molecule has 0 aliphatic carbocycles. The number of hydrogen-bond donors (Lipinski definition) is 0. The lowest BCUT2D eigenvalue weighted by atomic mass is 10.1. The Morgan fingerprint density at radius 2 is 1.94 bits per heavy atom. The van der Waals surface area contributed by atoms with Crippen LogP contribution >= 0.6 is 0 Å². The molecule has 5 heteroatoms. The van der Waals surface area contributed by atoms with Gasteiger partial charge in [-0.3, -0.25) is 0 Å². The van der Waals surface area contributed by atoms with Crippen LogP contribution in [0.1, 0.15) is 5.56 Å². The number of furan rings is 1. The van der Waals surface area contributed by atoms with Crippen molar-refractivity contribution in [2.45, 2.75) is 6.18 Å². The van der Waals surface area contributed by atoms with Gasteiger partial charge in [0.2, 0.25) is 0 Å². The van der Waals surface area contributed by atoms with Crippen LogP contribution in [0.4, 0.5) is 13.2 Å². The highest BCUT2D eigenvalue weighted by Crippen LogP contribution is 2.37. The minimum atomic E-state index is -4.38. The van der Waals surface area contributed by atoms with Crippen molar-refractivity contribution in [3.05, 3.63) is 42.2 Å². The number of rotatable bonds is 2. The topological polar surface area (TPSA) is 22.4 Å². The van der Waals surface area contributed by atoms with Crippen LogP contribution in [0.25, 0.3) is 11.3 Å². The standard InChI is InChI=1S/C12H9F3O2/c1-16-10-5-4-8(12(13,14)15)7-9(10)11-3-2-6-17-11/h2-7H,1H3. The normalized spacial score (nSPS) is 11.5. The van der Waals surface area contributed by atoms with E-state index in [9.17, 15) is 13.2 Å². The highest BCUT2D eigenvalue weighted by Gasteiger charge is 2.31. The van der Waals surface area contributed by atoms with E-state index in [0.717, 1.165) is 12.1 Å². The average molecular weight is 242 g/mol.